The Labute approximate surface area is 139 Å². The van der Waals surface area contributed by atoms with E-state index in [0.717, 1.165) is 43.2 Å². The fourth-order valence-corrected chi connectivity index (χ4v) is 3.13. The van der Waals surface area contributed by atoms with Crippen LogP contribution in [0.4, 0.5) is 33.9 Å². The molecule has 1 saturated heterocycles. The molecule has 2 heterocycles. The van der Waals surface area contributed by atoms with Gasteiger partial charge in [0, 0.05) is 18.8 Å². The first-order chi connectivity index (χ1) is 11.4. The molecule has 6 nitrogen and oxygen atoms in total. The van der Waals surface area contributed by atoms with Gasteiger partial charge in [0.25, 0.3) is 0 Å². The van der Waals surface area contributed by atoms with Crippen molar-refractivity contribution in [2.45, 2.75) is 19.0 Å². The zero-order valence-corrected chi connectivity index (χ0v) is 13.2. The van der Waals surface area contributed by atoms with Crippen LogP contribution < -0.4 is 15.5 Å². The highest BCUT2D eigenvalue weighted by atomic mass is 32.1. The summed E-state index contributed by atoms with van der Waals surface area (Å²) in [5.41, 5.74) is -0.779. The van der Waals surface area contributed by atoms with Crippen LogP contribution in [0.3, 0.4) is 0 Å². The van der Waals surface area contributed by atoms with E-state index in [4.69, 9.17) is 0 Å². The molecule has 1 aromatic heterocycles. The van der Waals surface area contributed by atoms with Gasteiger partial charge in [0.15, 0.2) is 0 Å². The maximum atomic E-state index is 12.7. The van der Waals surface area contributed by atoms with Crippen LogP contribution in [0.2, 0.25) is 0 Å². The minimum atomic E-state index is -4.46. The normalized spacial score (nSPS) is 14.7. The maximum absolute atomic E-state index is 12.7. The predicted molar refractivity (Wildman–Crippen MR) is 85.4 cm³/mol. The van der Waals surface area contributed by atoms with Crippen molar-refractivity contribution in [1.82, 2.24) is 10.2 Å². The Balaban J connectivity index is 1.61. The first kappa shape index (κ1) is 16.5. The average molecular weight is 357 g/mol. The van der Waals surface area contributed by atoms with Crippen LogP contribution in [-0.4, -0.2) is 29.3 Å². The molecule has 2 amide bonds. The summed E-state index contributed by atoms with van der Waals surface area (Å²) in [6.07, 6.45) is -2.27. The molecule has 0 atom stereocenters. The lowest BCUT2D eigenvalue weighted by Gasteiger charge is -2.11. The van der Waals surface area contributed by atoms with Gasteiger partial charge in [-0.1, -0.05) is 17.4 Å². The summed E-state index contributed by atoms with van der Waals surface area (Å²) >= 11 is 1.23. The molecule has 3 rings (SSSR count). The van der Waals surface area contributed by atoms with E-state index in [0.29, 0.717) is 5.13 Å². The van der Waals surface area contributed by atoms with Crippen molar-refractivity contribution in [2.75, 3.05) is 28.6 Å². The molecule has 1 aliphatic rings. The molecule has 0 saturated carbocycles. The van der Waals surface area contributed by atoms with E-state index in [1.54, 1.807) is 0 Å². The third kappa shape index (κ3) is 3.94. The van der Waals surface area contributed by atoms with Gasteiger partial charge in [0.1, 0.15) is 0 Å². The Bertz CT molecular complexity index is 727. The highest BCUT2D eigenvalue weighted by molar-refractivity contribution is 7.19. The highest BCUT2D eigenvalue weighted by Crippen LogP contribution is 2.31. The van der Waals surface area contributed by atoms with E-state index in [1.165, 1.54) is 23.5 Å². The summed E-state index contributed by atoms with van der Waals surface area (Å²) in [5.74, 6) is 0. The van der Waals surface area contributed by atoms with Gasteiger partial charge in [-0.3, -0.25) is 5.32 Å². The summed E-state index contributed by atoms with van der Waals surface area (Å²) in [7, 11) is 0. The Morgan fingerprint density at radius 1 is 1.17 bits per heavy atom. The number of nitrogens with zero attached hydrogens (tertiary/aromatic N) is 3. The first-order valence-corrected chi connectivity index (χ1v) is 8.07. The van der Waals surface area contributed by atoms with Gasteiger partial charge in [0.05, 0.1) is 5.56 Å². The fraction of sp³-hybridized carbons (Fsp3) is 0.357. The Morgan fingerprint density at radius 3 is 2.62 bits per heavy atom. The number of alkyl halides is 3. The third-order valence-electron chi connectivity index (χ3n) is 3.46. The van der Waals surface area contributed by atoms with Crippen molar-refractivity contribution in [3.63, 3.8) is 0 Å². The van der Waals surface area contributed by atoms with E-state index >= 15 is 0 Å². The zero-order valence-electron chi connectivity index (χ0n) is 12.4. The van der Waals surface area contributed by atoms with Gasteiger partial charge >= 0.3 is 12.2 Å². The summed E-state index contributed by atoms with van der Waals surface area (Å²) in [4.78, 5) is 14.0. The number of nitrogens with one attached hydrogen (secondary N) is 2. The summed E-state index contributed by atoms with van der Waals surface area (Å²) < 4.78 is 38.0. The number of hydrogen-bond donors (Lipinski definition) is 2. The summed E-state index contributed by atoms with van der Waals surface area (Å²) in [6, 6.07) is 3.75. The van der Waals surface area contributed by atoms with Crippen molar-refractivity contribution in [2.24, 2.45) is 0 Å². The molecule has 0 spiro atoms. The number of hydrogen-bond acceptors (Lipinski definition) is 5. The molecule has 0 unspecified atom stereocenters. The van der Waals surface area contributed by atoms with E-state index in [2.05, 4.69) is 25.7 Å². The second kappa shape index (κ2) is 6.63. The van der Waals surface area contributed by atoms with Crippen molar-refractivity contribution >= 4 is 33.3 Å². The molecule has 1 fully saturated rings. The lowest BCUT2D eigenvalue weighted by molar-refractivity contribution is -0.137. The lowest BCUT2D eigenvalue weighted by Crippen LogP contribution is -2.19. The molecular weight excluding hydrogens is 343 g/mol. The minimum Gasteiger partial charge on any atom is -0.347 e. The van der Waals surface area contributed by atoms with Crippen LogP contribution in [0.5, 0.6) is 0 Å². The Kier molecular flexibility index (Phi) is 4.56. The molecule has 1 aliphatic heterocycles. The number of urea groups is 1. The monoisotopic (exact) mass is 357 g/mol. The SMILES string of the molecule is O=C(Nc1cccc(C(F)(F)F)c1)Nc1nnc(N2CCCC2)s1. The Morgan fingerprint density at radius 2 is 1.92 bits per heavy atom. The van der Waals surface area contributed by atoms with E-state index in [9.17, 15) is 18.0 Å². The average Bonchev–Trinajstić information content (AvgIpc) is 3.17. The molecule has 0 aliphatic carbocycles. The second-order valence-corrected chi connectivity index (χ2v) is 6.20. The quantitative estimate of drug-likeness (QED) is 0.877. The van der Waals surface area contributed by atoms with Gasteiger partial charge in [-0.2, -0.15) is 13.2 Å². The standard InChI is InChI=1S/C14H14F3N5OS/c15-14(16,17)9-4-3-5-10(8-9)18-11(23)19-12-20-21-13(24-12)22-6-1-2-7-22/h3-5,8H,1-2,6-7H2,(H2,18,19,20,23). The topological polar surface area (TPSA) is 70.1 Å². The summed E-state index contributed by atoms with van der Waals surface area (Å²) in [5, 5.41) is 13.7. The molecule has 0 radical (unpaired) electrons. The maximum Gasteiger partial charge on any atom is 0.416 e. The highest BCUT2D eigenvalue weighted by Gasteiger charge is 2.30. The van der Waals surface area contributed by atoms with Gasteiger partial charge < -0.3 is 10.2 Å². The number of rotatable bonds is 3. The number of aromatic nitrogens is 2. The lowest BCUT2D eigenvalue weighted by atomic mass is 10.2. The van der Waals surface area contributed by atoms with E-state index < -0.39 is 17.8 Å². The molecule has 2 aromatic rings. The van der Waals surface area contributed by atoms with E-state index in [1.807, 2.05) is 0 Å². The molecule has 24 heavy (non-hydrogen) atoms. The number of anilines is 3. The third-order valence-corrected chi connectivity index (χ3v) is 4.36. The van der Waals surface area contributed by atoms with Crippen LogP contribution in [0.1, 0.15) is 18.4 Å². The van der Waals surface area contributed by atoms with Crippen LogP contribution in [0, 0.1) is 0 Å². The van der Waals surface area contributed by atoms with Gasteiger partial charge in [-0.25, -0.2) is 4.79 Å². The number of amides is 2. The number of carbonyl (C=O) groups excluding carboxylic acids is 1. The zero-order chi connectivity index (χ0) is 17.2. The van der Waals surface area contributed by atoms with Gasteiger partial charge in [0.2, 0.25) is 10.3 Å². The molecule has 2 N–H and O–H groups in total. The Hall–Kier alpha value is -2.36. The van der Waals surface area contributed by atoms with Crippen molar-refractivity contribution < 1.29 is 18.0 Å². The molecule has 10 heteroatoms. The largest absolute Gasteiger partial charge is 0.416 e. The van der Waals surface area contributed by atoms with Crippen LogP contribution >= 0.6 is 11.3 Å². The molecule has 1 aromatic carbocycles. The molecule has 128 valence electrons. The van der Waals surface area contributed by atoms with Crippen molar-refractivity contribution in [3.05, 3.63) is 29.8 Å². The van der Waals surface area contributed by atoms with Crippen LogP contribution in [-0.2, 0) is 6.18 Å². The number of benzene rings is 1. The second-order valence-electron chi connectivity index (χ2n) is 5.24. The van der Waals surface area contributed by atoms with Crippen molar-refractivity contribution in [1.29, 1.82) is 0 Å². The first-order valence-electron chi connectivity index (χ1n) is 7.25. The van der Waals surface area contributed by atoms with Gasteiger partial charge in [-0.15, -0.1) is 10.2 Å². The predicted octanol–water partition coefficient (Wildman–Crippen LogP) is 3.80. The van der Waals surface area contributed by atoms with Crippen LogP contribution in [0.15, 0.2) is 24.3 Å². The number of carbonyl (C=O) groups is 1. The number of halogens is 3. The molecule has 0 bridgehead atoms. The minimum absolute atomic E-state index is 0.0478. The fourth-order valence-electron chi connectivity index (χ4n) is 2.33. The van der Waals surface area contributed by atoms with Gasteiger partial charge in [-0.05, 0) is 31.0 Å². The molecular formula is C14H14F3N5OS. The van der Waals surface area contributed by atoms with Crippen molar-refractivity contribution in [3.8, 4) is 0 Å². The smallest absolute Gasteiger partial charge is 0.347 e. The summed E-state index contributed by atoms with van der Waals surface area (Å²) in [6.45, 7) is 1.82. The van der Waals surface area contributed by atoms with E-state index in [-0.39, 0.29) is 5.69 Å². The van der Waals surface area contributed by atoms with Crippen LogP contribution in [0.25, 0.3) is 0 Å².